The fourth-order valence-corrected chi connectivity index (χ4v) is 6.51. The van der Waals surface area contributed by atoms with Gasteiger partial charge < -0.3 is 10.1 Å². The van der Waals surface area contributed by atoms with E-state index in [1.807, 2.05) is 6.92 Å². The van der Waals surface area contributed by atoms with Crippen LogP contribution in [0.5, 0.6) is 0 Å². The molecule has 7 atom stereocenters. The standard InChI is InChI=1S/C22H38F3N7O2/c1-13-9-27-32-16(7-17(22(23,24)25)29-19(13)32)20(33)28-15-5-3-4-14(6-15)21(10-34-11-21)8-18-30-26-12-31(18)2/h13-19,26-27,29-30H,3-12H2,1-2H3,(H,28,33). The van der Waals surface area contributed by atoms with E-state index < -0.39 is 24.4 Å². The summed E-state index contributed by atoms with van der Waals surface area (Å²) in [5, 5.41) is 7.56. The molecule has 4 heterocycles. The lowest BCUT2D eigenvalue weighted by Gasteiger charge is -2.51. The van der Waals surface area contributed by atoms with Gasteiger partial charge in [0.1, 0.15) is 12.1 Å². The summed E-state index contributed by atoms with van der Waals surface area (Å²) >= 11 is 0. The first-order valence-electron chi connectivity index (χ1n) is 12.6. The van der Waals surface area contributed by atoms with Crippen LogP contribution in [0.2, 0.25) is 0 Å². The summed E-state index contributed by atoms with van der Waals surface area (Å²) in [5.74, 6) is 0.104. The Kier molecular flexibility index (Phi) is 6.86. The molecule has 1 aliphatic carbocycles. The van der Waals surface area contributed by atoms with E-state index in [-0.39, 0.29) is 35.9 Å². The lowest BCUT2D eigenvalue weighted by Crippen LogP contribution is -2.68. The van der Waals surface area contributed by atoms with Gasteiger partial charge in [0.25, 0.3) is 0 Å². The van der Waals surface area contributed by atoms with Gasteiger partial charge in [0.15, 0.2) is 0 Å². The van der Waals surface area contributed by atoms with E-state index in [0.717, 1.165) is 52.0 Å². The summed E-state index contributed by atoms with van der Waals surface area (Å²) in [7, 11) is 2.09. The Bertz CT molecular complexity index is 753. The van der Waals surface area contributed by atoms with Crippen LogP contribution in [0.1, 0.15) is 45.4 Å². The molecule has 1 amide bonds. The number of amides is 1. The maximum atomic E-state index is 13.6. The number of carbonyl (C=O) groups excluding carboxylic acids is 1. The van der Waals surface area contributed by atoms with Crippen LogP contribution in [0.3, 0.4) is 0 Å². The number of alkyl halides is 3. The summed E-state index contributed by atoms with van der Waals surface area (Å²) in [4.78, 5) is 15.6. The molecule has 5 N–H and O–H groups in total. The van der Waals surface area contributed by atoms with Crippen molar-refractivity contribution in [2.24, 2.45) is 17.3 Å². The Hall–Kier alpha value is -1.02. The third-order valence-corrected chi connectivity index (χ3v) is 8.69. The molecule has 4 aliphatic heterocycles. The second-order valence-electron chi connectivity index (χ2n) is 11.1. The van der Waals surface area contributed by atoms with Crippen LogP contribution in [-0.2, 0) is 9.53 Å². The van der Waals surface area contributed by atoms with Gasteiger partial charge in [0, 0.05) is 18.0 Å². The quantitative estimate of drug-likeness (QED) is 0.381. The molecule has 5 rings (SSSR count). The van der Waals surface area contributed by atoms with Gasteiger partial charge in [0.2, 0.25) is 5.91 Å². The third kappa shape index (κ3) is 4.70. The van der Waals surface area contributed by atoms with Crippen molar-refractivity contribution in [2.45, 2.75) is 82.1 Å². The minimum atomic E-state index is -4.38. The zero-order valence-electron chi connectivity index (χ0n) is 20.0. The first kappa shape index (κ1) is 24.7. The largest absolute Gasteiger partial charge is 0.403 e. The fourth-order valence-electron chi connectivity index (χ4n) is 6.51. The van der Waals surface area contributed by atoms with Gasteiger partial charge in [-0.05, 0) is 51.0 Å². The van der Waals surface area contributed by atoms with Crippen molar-refractivity contribution in [1.29, 1.82) is 0 Å². The lowest BCUT2D eigenvalue weighted by molar-refractivity contribution is -0.180. The number of fused-ring (bicyclic) bond motifs is 1. The Balaban J connectivity index is 1.23. The molecule has 4 saturated heterocycles. The van der Waals surface area contributed by atoms with Gasteiger partial charge in [-0.3, -0.25) is 20.4 Å². The molecular formula is C22H38F3N7O2. The SMILES string of the molecule is CC1CNN2C(C(=O)NC3CCCC(C4(CC5NNCN5C)COC4)C3)CC(C(F)(F)F)NC12. The normalized spacial score (nSPS) is 41.1. The fraction of sp³-hybridized carbons (Fsp3) is 0.955. The molecule has 0 spiro atoms. The predicted molar refractivity (Wildman–Crippen MR) is 119 cm³/mol. The zero-order chi connectivity index (χ0) is 24.1. The summed E-state index contributed by atoms with van der Waals surface area (Å²) in [6.07, 6.45) is -0.145. The zero-order valence-corrected chi connectivity index (χ0v) is 20.0. The predicted octanol–water partition coefficient (Wildman–Crippen LogP) is 0.467. The van der Waals surface area contributed by atoms with Crippen LogP contribution in [0.25, 0.3) is 0 Å². The van der Waals surface area contributed by atoms with Crippen molar-refractivity contribution in [3.05, 3.63) is 0 Å². The van der Waals surface area contributed by atoms with Crippen LogP contribution in [0, 0.1) is 17.3 Å². The average Bonchev–Trinajstić information content (AvgIpc) is 3.34. The second-order valence-corrected chi connectivity index (χ2v) is 11.1. The van der Waals surface area contributed by atoms with E-state index in [0.29, 0.717) is 12.5 Å². The highest BCUT2D eigenvalue weighted by atomic mass is 19.4. The smallest absolute Gasteiger partial charge is 0.380 e. The highest BCUT2D eigenvalue weighted by Gasteiger charge is 2.53. The molecule has 5 fully saturated rings. The molecule has 194 valence electrons. The molecule has 0 radical (unpaired) electrons. The number of halogens is 3. The summed E-state index contributed by atoms with van der Waals surface area (Å²) in [6.45, 7) is 4.70. The Morgan fingerprint density at radius 2 is 2.03 bits per heavy atom. The van der Waals surface area contributed by atoms with Crippen molar-refractivity contribution >= 4 is 5.91 Å². The van der Waals surface area contributed by atoms with Crippen molar-refractivity contribution < 1.29 is 22.7 Å². The highest BCUT2D eigenvalue weighted by molar-refractivity contribution is 5.82. The second kappa shape index (κ2) is 9.45. The molecule has 12 heteroatoms. The molecule has 0 aromatic rings. The monoisotopic (exact) mass is 489 g/mol. The average molecular weight is 490 g/mol. The number of ether oxygens (including phenoxy) is 1. The number of rotatable bonds is 5. The Morgan fingerprint density at radius 3 is 2.68 bits per heavy atom. The third-order valence-electron chi connectivity index (χ3n) is 8.69. The van der Waals surface area contributed by atoms with E-state index >= 15 is 0 Å². The van der Waals surface area contributed by atoms with Crippen LogP contribution >= 0.6 is 0 Å². The molecule has 1 saturated carbocycles. The van der Waals surface area contributed by atoms with Gasteiger partial charge in [-0.1, -0.05) is 13.3 Å². The number of hydrogen-bond donors (Lipinski definition) is 5. The minimum absolute atomic E-state index is 0.0187. The number of nitrogens with one attached hydrogen (secondary N) is 5. The number of hydrogen-bond acceptors (Lipinski definition) is 8. The van der Waals surface area contributed by atoms with Crippen LogP contribution in [-0.4, -0.2) is 85.9 Å². The first-order valence-corrected chi connectivity index (χ1v) is 12.6. The number of nitrogens with zero attached hydrogens (tertiary/aromatic N) is 2. The van der Waals surface area contributed by atoms with Gasteiger partial charge in [0.05, 0.1) is 32.2 Å². The van der Waals surface area contributed by atoms with Crippen molar-refractivity contribution in [3.8, 4) is 0 Å². The number of carbonyl (C=O) groups is 1. The topological polar surface area (TPSA) is 92.9 Å². The van der Waals surface area contributed by atoms with E-state index in [9.17, 15) is 18.0 Å². The first-order chi connectivity index (χ1) is 16.2. The molecule has 0 bridgehead atoms. The van der Waals surface area contributed by atoms with Gasteiger partial charge in [-0.2, -0.15) is 13.2 Å². The summed E-state index contributed by atoms with van der Waals surface area (Å²) in [6, 6.07) is -2.54. The lowest BCUT2D eigenvalue weighted by atomic mass is 9.64. The Morgan fingerprint density at radius 1 is 1.24 bits per heavy atom. The summed E-state index contributed by atoms with van der Waals surface area (Å²) < 4.78 is 46.4. The van der Waals surface area contributed by atoms with Crippen LogP contribution in [0.15, 0.2) is 0 Å². The highest BCUT2D eigenvalue weighted by Crippen LogP contribution is 2.47. The molecule has 0 aromatic heterocycles. The molecule has 34 heavy (non-hydrogen) atoms. The van der Waals surface area contributed by atoms with Crippen molar-refractivity contribution in [2.75, 3.05) is 33.5 Å². The molecule has 7 unspecified atom stereocenters. The van der Waals surface area contributed by atoms with Crippen LogP contribution < -0.4 is 26.9 Å². The van der Waals surface area contributed by atoms with Crippen LogP contribution in [0.4, 0.5) is 13.2 Å². The van der Waals surface area contributed by atoms with E-state index in [2.05, 4.69) is 38.9 Å². The maximum Gasteiger partial charge on any atom is 0.403 e. The molecular weight excluding hydrogens is 451 g/mol. The van der Waals surface area contributed by atoms with E-state index in [1.54, 1.807) is 5.01 Å². The van der Waals surface area contributed by atoms with E-state index in [1.165, 1.54) is 0 Å². The molecule has 0 aromatic carbocycles. The Labute approximate surface area is 198 Å². The van der Waals surface area contributed by atoms with Gasteiger partial charge in [-0.25, -0.2) is 15.9 Å². The minimum Gasteiger partial charge on any atom is -0.380 e. The van der Waals surface area contributed by atoms with Crippen molar-refractivity contribution in [3.63, 3.8) is 0 Å². The summed E-state index contributed by atoms with van der Waals surface area (Å²) in [5.41, 5.74) is 9.75. The van der Waals surface area contributed by atoms with E-state index in [4.69, 9.17) is 4.74 Å². The van der Waals surface area contributed by atoms with Crippen molar-refractivity contribution in [1.82, 2.24) is 36.8 Å². The van der Waals surface area contributed by atoms with Gasteiger partial charge >= 0.3 is 6.18 Å². The number of hydrazine groups is 2. The van der Waals surface area contributed by atoms with Gasteiger partial charge in [-0.15, -0.1) is 0 Å². The molecule has 9 nitrogen and oxygen atoms in total. The maximum absolute atomic E-state index is 13.6. The molecule has 5 aliphatic rings.